The molecule has 34 heavy (non-hydrogen) atoms. The zero-order chi connectivity index (χ0) is 23.8. The second-order valence-corrected chi connectivity index (χ2v) is 8.32. The summed E-state index contributed by atoms with van der Waals surface area (Å²) in [7, 11) is 3.08. The van der Waals surface area contributed by atoms with Gasteiger partial charge in [-0.05, 0) is 28.8 Å². The fourth-order valence-corrected chi connectivity index (χ4v) is 4.10. The molecule has 0 aliphatic carbocycles. The molecule has 5 aromatic rings. The van der Waals surface area contributed by atoms with Gasteiger partial charge in [0.25, 0.3) is 5.56 Å². The molecule has 3 aromatic carbocycles. The van der Waals surface area contributed by atoms with Crippen LogP contribution in [-0.2, 0) is 20.6 Å². The van der Waals surface area contributed by atoms with Crippen molar-refractivity contribution in [2.75, 3.05) is 5.43 Å². The number of rotatable bonds is 5. The first-order valence-electron chi connectivity index (χ1n) is 10.9. The predicted octanol–water partition coefficient (Wildman–Crippen LogP) is 3.39. The van der Waals surface area contributed by atoms with Crippen molar-refractivity contribution < 1.29 is 0 Å². The SMILES string of the molecule is Cc1ccc(/C=N\Nc2nc3c(c(=O)n(C)c(=O)n3C)n2Cc2cccc3ccccc23)cc1. The zero-order valence-corrected chi connectivity index (χ0v) is 19.2. The van der Waals surface area contributed by atoms with Gasteiger partial charge in [-0.25, -0.2) is 10.2 Å². The molecule has 0 atom stereocenters. The Kier molecular flexibility index (Phi) is 5.33. The van der Waals surface area contributed by atoms with Gasteiger partial charge in [-0.15, -0.1) is 0 Å². The fraction of sp³-hybridized carbons (Fsp3) is 0.154. The van der Waals surface area contributed by atoms with Gasteiger partial charge in [-0.1, -0.05) is 72.3 Å². The summed E-state index contributed by atoms with van der Waals surface area (Å²) in [6, 6.07) is 22.1. The van der Waals surface area contributed by atoms with Crippen LogP contribution in [0.15, 0.2) is 81.4 Å². The third-order valence-electron chi connectivity index (χ3n) is 6.01. The Labute approximate surface area is 195 Å². The van der Waals surface area contributed by atoms with Crippen LogP contribution in [0.25, 0.3) is 21.9 Å². The molecule has 0 saturated carbocycles. The quantitative estimate of drug-likeness (QED) is 0.327. The van der Waals surface area contributed by atoms with Crippen LogP contribution >= 0.6 is 0 Å². The van der Waals surface area contributed by atoms with Crippen LogP contribution in [0.3, 0.4) is 0 Å². The van der Waals surface area contributed by atoms with E-state index in [1.165, 1.54) is 17.2 Å². The molecule has 0 radical (unpaired) electrons. The van der Waals surface area contributed by atoms with Gasteiger partial charge >= 0.3 is 5.69 Å². The van der Waals surface area contributed by atoms with Crippen LogP contribution in [0, 0.1) is 6.92 Å². The van der Waals surface area contributed by atoms with E-state index in [1.807, 2.05) is 55.5 Å². The maximum atomic E-state index is 13.1. The van der Waals surface area contributed by atoms with Crippen LogP contribution in [0.2, 0.25) is 0 Å². The normalized spacial score (nSPS) is 11.6. The summed E-state index contributed by atoms with van der Waals surface area (Å²) in [4.78, 5) is 30.2. The van der Waals surface area contributed by atoms with Crippen molar-refractivity contribution in [1.29, 1.82) is 0 Å². The molecule has 0 aliphatic heterocycles. The van der Waals surface area contributed by atoms with Crippen molar-refractivity contribution in [1.82, 2.24) is 18.7 Å². The Balaban J connectivity index is 1.65. The van der Waals surface area contributed by atoms with Crippen molar-refractivity contribution in [2.45, 2.75) is 13.5 Å². The predicted molar refractivity (Wildman–Crippen MR) is 136 cm³/mol. The highest BCUT2D eigenvalue weighted by molar-refractivity contribution is 5.86. The van der Waals surface area contributed by atoms with Crippen molar-refractivity contribution >= 4 is 34.1 Å². The van der Waals surface area contributed by atoms with Gasteiger partial charge in [-0.2, -0.15) is 10.1 Å². The molecule has 8 heteroatoms. The minimum Gasteiger partial charge on any atom is -0.298 e. The largest absolute Gasteiger partial charge is 0.332 e. The molecule has 0 bridgehead atoms. The van der Waals surface area contributed by atoms with E-state index in [0.717, 1.165) is 26.5 Å². The Bertz CT molecular complexity index is 1670. The standard InChI is InChI=1S/C26H24N6O2/c1-17-11-13-18(14-12-17)15-27-29-25-28-23-22(24(33)31(3)26(34)30(23)2)32(25)16-20-9-6-8-19-7-4-5-10-21(19)20/h4-15H,16H2,1-3H3,(H,28,29)/b27-15-. The lowest BCUT2D eigenvalue weighted by molar-refractivity contribution is 0.703. The third kappa shape index (κ3) is 3.69. The minimum atomic E-state index is -0.429. The third-order valence-corrected chi connectivity index (χ3v) is 6.01. The summed E-state index contributed by atoms with van der Waals surface area (Å²) >= 11 is 0. The van der Waals surface area contributed by atoms with Gasteiger partial charge in [-0.3, -0.25) is 18.5 Å². The molecule has 2 heterocycles. The van der Waals surface area contributed by atoms with E-state index in [1.54, 1.807) is 17.8 Å². The monoisotopic (exact) mass is 452 g/mol. The maximum Gasteiger partial charge on any atom is 0.332 e. The first kappa shape index (κ1) is 21.4. The number of aromatic nitrogens is 4. The minimum absolute atomic E-state index is 0.307. The van der Waals surface area contributed by atoms with Gasteiger partial charge in [0.1, 0.15) is 0 Å². The molecular formula is C26H24N6O2. The molecule has 1 N–H and O–H groups in total. The number of hydrazone groups is 1. The first-order valence-corrected chi connectivity index (χ1v) is 10.9. The van der Waals surface area contributed by atoms with Crippen LogP contribution in [0.4, 0.5) is 5.95 Å². The van der Waals surface area contributed by atoms with Gasteiger partial charge in [0.05, 0.1) is 12.8 Å². The molecule has 0 amide bonds. The fourth-order valence-electron chi connectivity index (χ4n) is 4.10. The number of nitrogens with one attached hydrogen (secondary N) is 1. The second-order valence-electron chi connectivity index (χ2n) is 8.32. The van der Waals surface area contributed by atoms with Crippen LogP contribution in [0.5, 0.6) is 0 Å². The summed E-state index contributed by atoms with van der Waals surface area (Å²) in [6.45, 7) is 2.41. The van der Waals surface area contributed by atoms with Crippen molar-refractivity contribution in [3.05, 3.63) is 104 Å². The lowest BCUT2D eigenvalue weighted by Crippen LogP contribution is -2.37. The van der Waals surface area contributed by atoms with E-state index in [0.29, 0.717) is 23.7 Å². The summed E-state index contributed by atoms with van der Waals surface area (Å²) in [5.41, 5.74) is 5.92. The van der Waals surface area contributed by atoms with E-state index >= 15 is 0 Å². The van der Waals surface area contributed by atoms with E-state index < -0.39 is 11.2 Å². The topological polar surface area (TPSA) is 86.2 Å². The first-order chi connectivity index (χ1) is 16.4. The van der Waals surface area contributed by atoms with E-state index in [9.17, 15) is 9.59 Å². The average molecular weight is 453 g/mol. The Morgan fingerprint density at radius 2 is 1.68 bits per heavy atom. The number of imidazole rings is 1. The van der Waals surface area contributed by atoms with Crippen LogP contribution in [0.1, 0.15) is 16.7 Å². The van der Waals surface area contributed by atoms with Crippen molar-refractivity contribution in [2.24, 2.45) is 19.2 Å². The number of hydrogen-bond donors (Lipinski definition) is 1. The lowest BCUT2D eigenvalue weighted by Gasteiger charge is -2.11. The number of benzene rings is 3. The molecule has 0 aliphatic rings. The summed E-state index contributed by atoms with van der Waals surface area (Å²) < 4.78 is 4.26. The molecule has 0 fully saturated rings. The molecule has 170 valence electrons. The average Bonchev–Trinajstić information content (AvgIpc) is 3.21. The molecule has 0 spiro atoms. The van der Waals surface area contributed by atoms with Crippen molar-refractivity contribution in [3.63, 3.8) is 0 Å². The molecule has 5 rings (SSSR count). The van der Waals surface area contributed by atoms with Gasteiger partial charge in [0, 0.05) is 14.1 Å². The second kappa shape index (κ2) is 8.47. The van der Waals surface area contributed by atoms with Gasteiger partial charge in [0.2, 0.25) is 5.95 Å². The summed E-state index contributed by atoms with van der Waals surface area (Å²) in [6.07, 6.45) is 1.69. The highest BCUT2D eigenvalue weighted by Crippen LogP contribution is 2.23. The highest BCUT2D eigenvalue weighted by Gasteiger charge is 2.19. The molecular weight excluding hydrogens is 428 g/mol. The number of anilines is 1. The zero-order valence-electron chi connectivity index (χ0n) is 19.2. The van der Waals surface area contributed by atoms with E-state index in [-0.39, 0.29) is 0 Å². The van der Waals surface area contributed by atoms with Crippen molar-refractivity contribution in [3.8, 4) is 0 Å². The van der Waals surface area contributed by atoms with E-state index in [2.05, 4.69) is 33.7 Å². The van der Waals surface area contributed by atoms with E-state index in [4.69, 9.17) is 0 Å². The number of nitrogens with zero attached hydrogens (tertiary/aromatic N) is 5. The Morgan fingerprint density at radius 1 is 0.941 bits per heavy atom. The highest BCUT2D eigenvalue weighted by atomic mass is 16.2. The molecule has 8 nitrogen and oxygen atoms in total. The smallest absolute Gasteiger partial charge is 0.298 e. The van der Waals surface area contributed by atoms with Gasteiger partial charge in [0.15, 0.2) is 11.2 Å². The van der Waals surface area contributed by atoms with Crippen LogP contribution < -0.4 is 16.7 Å². The molecule has 0 unspecified atom stereocenters. The number of aryl methyl sites for hydroxylation is 2. The number of fused-ring (bicyclic) bond motifs is 2. The molecule has 0 saturated heterocycles. The maximum absolute atomic E-state index is 13.1. The lowest BCUT2D eigenvalue weighted by atomic mass is 10.0. The molecule has 2 aromatic heterocycles. The van der Waals surface area contributed by atoms with Crippen LogP contribution in [-0.4, -0.2) is 24.9 Å². The Morgan fingerprint density at radius 3 is 2.47 bits per heavy atom. The van der Waals surface area contributed by atoms with Gasteiger partial charge < -0.3 is 0 Å². The number of hydrogen-bond acceptors (Lipinski definition) is 5. The summed E-state index contributed by atoms with van der Waals surface area (Å²) in [5.74, 6) is 0.379. The Hall–Kier alpha value is -4.46. The summed E-state index contributed by atoms with van der Waals surface area (Å²) in [5, 5.41) is 6.54.